The molecule has 0 bridgehead atoms. The van der Waals surface area contributed by atoms with Gasteiger partial charge in [-0.25, -0.2) is 4.68 Å². The summed E-state index contributed by atoms with van der Waals surface area (Å²) in [6, 6.07) is 5.78. The molecule has 146 valence electrons. The van der Waals surface area contributed by atoms with E-state index in [0.717, 1.165) is 11.9 Å². The number of amides is 1. The highest BCUT2D eigenvalue weighted by Gasteiger charge is 2.17. The minimum absolute atomic E-state index is 0.000817. The summed E-state index contributed by atoms with van der Waals surface area (Å²) in [5.41, 5.74) is 0.807. The molecule has 0 radical (unpaired) electrons. The molecule has 2 aromatic heterocycles. The number of rotatable bonds is 7. The van der Waals surface area contributed by atoms with Crippen molar-refractivity contribution in [2.45, 2.75) is 20.2 Å². The number of benzene rings is 1. The summed E-state index contributed by atoms with van der Waals surface area (Å²) in [7, 11) is 0. The van der Waals surface area contributed by atoms with E-state index >= 15 is 0 Å². The van der Waals surface area contributed by atoms with Crippen LogP contribution >= 0.6 is 0 Å². The number of halogens is 2. The predicted molar refractivity (Wildman–Crippen MR) is 90.1 cm³/mol. The van der Waals surface area contributed by atoms with Gasteiger partial charge >= 0.3 is 12.6 Å². The summed E-state index contributed by atoms with van der Waals surface area (Å²) in [5, 5.41) is 20.7. The van der Waals surface area contributed by atoms with Gasteiger partial charge in [0.2, 0.25) is 6.33 Å². The van der Waals surface area contributed by atoms with Crippen LogP contribution in [0, 0.1) is 17.0 Å². The highest BCUT2D eigenvalue weighted by Crippen LogP contribution is 2.27. The van der Waals surface area contributed by atoms with Crippen LogP contribution in [-0.4, -0.2) is 42.0 Å². The Morgan fingerprint density at radius 3 is 2.79 bits per heavy atom. The molecule has 0 aliphatic rings. The fourth-order valence-corrected chi connectivity index (χ4v) is 2.27. The van der Waals surface area contributed by atoms with Crippen molar-refractivity contribution in [3.8, 4) is 5.75 Å². The maximum absolute atomic E-state index is 12.5. The third-order valence-corrected chi connectivity index (χ3v) is 3.45. The second kappa shape index (κ2) is 7.77. The fraction of sp³-hybridized carbons (Fsp3) is 0.200. The number of aromatic nitrogens is 5. The molecule has 28 heavy (non-hydrogen) atoms. The number of hydrogen-bond acceptors (Lipinski definition) is 7. The molecule has 0 saturated heterocycles. The lowest BCUT2D eigenvalue weighted by atomic mass is 10.2. The number of nitrogens with one attached hydrogen (secondary N) is 1. The first-order valence-corrected chi connectivity index (χ1v) is 7.76. The van der Waals surface area contributed by atoms with E-state index in [1.165, 1.54) is 33.8 Å². The van der Waals surface area contributed by atoms with Crippen LogP contribution in [0.4, 0.5) is 20.4 Å². The smallest absolute Gasteiger partial charge is 0.433 e. The van der Waals surface area contributed by atoms with Gasteiger partial charge in [0.05, 0.1) is 5.69 Å². The van der Waals surface area contributed by atoms with Gasteiger partial charge in [0.1, 0.15) is 5.75 Å². The standard InChI is InChI=1S/C15H13F2N7O4/c1-9-2-3-12(28-14(16)17)11(6-9)19-13(25)10-4-5-22(20-10)8-23-7-18-15(21-23)24(26)27/h2-7,14H,8H2,1H3,(H,19,25). The highest BCUT2D eigenvalue weighted by atomic mass is 19.3. The zero-order valence-electron chi connectivity index (χ0n) is 14.3. The van der Waals surface area contributed by atoms with E-state index in [2.05, 4.69) is 25.2 Å². The average Bonchev–Trinajstić information content (AvgIpc) is 3.27. The van der Waals surface area contributed by atoms with E-state index in [1.807, 2.05) is 0 Å². The van der Waals surface area contributed by atoms with Crippen LogP contribution in [0.2, 0.25) is 0 Å². The normalized spacial score (nSPS) is 10.9. The van der Waals surface area contributed by atoms with Crippen LogP contribution in [0.3, 0.4) is 0 Å². The molecule has 0 aliphatic carbocycles. The molecule has 0 aliphatic heterocycles. The Bertz CT molecular complexity index is 1020. The molecule has 0 spiro atoms. The zero-order chi connectivity index (χ0) is 20.3. The molecule has 0 atom stereocenters. The zero-order valence-corrected chi connectivity index (χ0v) is 14.3. The lowest BCUT2D eigenvalue weighted by Gasteiger charge is -2.12. The van der Waals surface area contributed by atoms with Crippen molar-refractivity contribution in [1.29, 1.82) is 0 Å². The van der Waals surface area contributed by atoms with Crippen molar-refractivity contribution in [2.75, 3.05) is 5.32 Å². The van der Waals surface area contributed by atoms with E-state index in [9.17, 15) is 23.7 Å². The summed E-state index contributed by atoms with van der Waals surface area (Å²) >= 11 is 0. The van der Waals surface area contributed by atoms with Crippen LogP contribution < -0.4 is 10.1 Å². The number of anilines is 1. The summed E-state index contributed by atoms with van der Waals surface area (Å²) in [6.45, 7) is -1.32. The second-order valence-corrected chi connectivity index (χ2v) is 5.56. The minimum atomic E-state index is -3.04. The summed E-state index contributed by atoms with van der Waals surface area (Å²) in [6.07, 6.45) is 2.61. The van der Waals surface area contributed by atoms with E-state index < -0.39 is 23.4 Å². The molecule has 3 rings (SSSR count). The van der Waals surface area contributed by atoms with Crippen molar-refractivity contribution < 1.29 is 23.2 Å². The topological polar surface area (TPSA) is 130 Å². The Morgan fingerprint density at radius 2 is 2.11 bits per heavy atom. The molecule has 13 heteroatoms. The monoisotopic (exact) mass is 393 g/mol. The Morgan fingerprint density at radius 1 is 1.32 bits per heavy atom. The average molecular weight is 393 g/mol. The van der Waals surface area contributed by atoms with Crippen molar-refractivity contribution >= 4 is 17.5 Å². The number of aryl methyl sites for hydroxylation is 1. The molecule has 11 nitrogen and oxygen atoms in total. The first-order valence-electron chi connectivity index (χ1n) is 7.76. The first-order chi connectivity index (χ1) is 13.3. The van der Waals surface area contributed by atoms with E-state index in [0.29, 0.717) is 0 Å². The molecule has 0 unspecified atom stereocenters. The number of ether oxygens (including phenoxy) is 1. The van der Waals surface area contributed by atoms with Gasteiger partial charge in [-0.3, -0.25) is 4.79 Å². The number of alkyl halides is 2. The third kappa shape index (κ3) is 4.44. The highest BCUT2D eigenvalue weighted by molar-refractivity contribution is 6.03. The largest absolute Gasteiger partial charge is 0.491 e. The maximum Gasteiger partial charge on any atom is 0.491 e. The van der Waals surface area contributed by atoms with Gasteiger partial charge in [0.25, 0.3) is 5.91 Å². The van der Waals surface area contributed by atoms with Gasteiger partial charge in [-0.1, -0.05) is 11.1 Å². The summed E-state index contributed by atoms with van der Waals surface area (Å²) < 4.78 is 31.9. The number of hydrogen-bond donors (Lipinski definition) is 1. The summed E-state index contributed by atoms with van der Waals surface area (Å²) in [4.78, 5) is 25.7. The van der Waals surface area contributed by atoms with Crippen LogP contribution in [0.5, 0.6) is 5.75 Å². The van der Waals surface area contributed by atoms with Crippen LogP contribution in [0.1, 0.15) is 16.1 Å². The fourth-order valence-electron chi connectivity index (χ4n) is 2.27. The summed E-state index contributed by atoms with van der Waals surface area (Å²) in [5.74, 6) is -1.38. The third-order valence-electron chi connectivity index (χ3n) is 3.45. The van der Waals surface area contributed by atoms with Gasteiger partial charge in [-0.05, 0) is 35.6 Å². The molecular formula is C15H13F2N7O4. The van der Waals surface area contributed by atoms with Gasteiger partial charge in [-0.15, -0.1) is 0 Å². The van der Waals surface area contributed by atoms with Crippen molar-refractivity contribution in [2.24, 2.45) is 0 Å². The van der Waals surface area contributed by atoms with Gasteiger partial charge in [0, 0.05) is 11.3 Å². The quantitative estimate of drug-likeness (QED) is 0.480. The first kappa shape index (κ1) is 18.9. The molecule has 1 N–H and O–H groups in total. The van der Waals surface area contributed by atoms with Crippen molar-refractivity contribution in [3.63, 3.8) is 0 Å². The molecule has 0 fully saturated rings. The van der Waals surface area contributed by atoms with Gasteiger partial charge < -0.3 is 20.2 Å². The molecule has 1 aromatic carbocycles. The van der Waals surface area contributed by atoms with Crippen LogP contribution in [0.15, 0.2) is 36.8 Å². The Labute approximate surface area is 155 Å². The minimum Gasteiger partial charge on any atom is -0.433 e. The Kier molecular flexibility index (Phi) is 5.24. The number of nitro groups is 1. The van der Waals surface area contributed by atoms with E-state index in [4.69, 9.17) is 0 Å². The van der Waals surface area contributed by atoms with E-state index in [-0.39, 0.29) is 23.8 Å². The number of carbonyl (C=O) groups excluding carboxylic acids is 1. The van der Waals surface area contributed by atoms with Crippen molar-refractivity contribution in [1.82, 2.24) is 24.5 Å². The Balaban J connectivity index is 1.72. The van der Waals surface area contributed by atoms with Crippen LogP contribution in [-0.2, 0) is 6.67 Å². The van der Waals surface area contributed by atoms with Gasteiger partial charge in [-0.2, -0.15) is 18.6 Å². The van der Waals surface area contributed by atoms with Crippen LogP contribution in [0.25, 0.3) is 0 Å². The lowest BCUT2D eigenvalue weighted by molar-refractivity contribution is -0.394. The SMILES string of the molecule is Cc1ccc(OC(F)F)c(NC(=O)c2ccn(Cn3cnc([N+](=O)[O-])n3)n2)c1. The predicted octanol–water partition coefficient (Wildman–Crippen LogP) is 2.05. The second-order valence-electron chi connectivity index (χ2n) is 5.56. The molecule has 3 aromatic rings. The molecular weight excluding hydrogens is 380 g/mol. The molecule has 2 heterocycles. The van der Waals surface area contributed by atoms with Crippen molar-refractivity contribution in [3.05, 3.63) is 58.2 Å². The molecule has 0 saturated carbocycles. The Hall–Kier alpha value is -3.90. The maximum atomic E-state index is 12.5. The molecule has 1 amide bonds. The van der Waals surface area contributed by atoms with Gasteiger partial charge in [0.15, 0.2) is 12.4 Å². The lowest BCUT2D eigenvalue weighted by Crippen LogP contribution is -2.16. The number of carbonyl (C=O) groups is 1. The van der Waals surface area contributed by atoms with E-state index in [1.54, 1.807) is 13.0 Å². The number of nitrogens with zero attached hydrogens (tertiary/aromatic N) is 6.